The molecule has 4 heteroatoms. The Bertz CT molecular complexity index is 559. The molecular weight excluding hydrogens is 222 g/mol. The highest BCUT2D eigenvalue weighted by Gasteiger charge is 2.05. The van der Waals surface area contributed by atoms with Gasteiger partial charge in [0.25, 0.3) is 0 Å². The predicted octanol–water partition coefficient (Wildman–Crippen LogP) is 3.01. The quantitative estimate of drug-likeness (QED) is 0.757. The molecule has 1 aromatic carbocycles. The molecule has 0 saturated heterocycles. The lowest BCUT2D eigenvalue weighted by molar-refractivity contribution is 0.861. The molecule has 0 radical (unpaired) electrons. The number of hydrogen-bond acceptors (Lipinski definition) is 2. The van der Waals surface area contributed by atoms with Crippen LogP contribution in [0.4, 0.5) is 0 Å². The Morgan fingerprint density at radius 1 is 1.38 bits per heavy atom. The van der Waals surface area contributed by atoms with E-state index in [-0.39, 0.29) is 0 Å². The van der Waals surface area contributed by atoms with Crippen molar-refractivity contribution in [3.8, 4) is 11.8 Å². The van der Waals surface area contributed by atoms with Crippen LogP contribution in [0.15, 0.2) is 24.4 Å². The lowest BCUT2D eigenvalue weighted by Gasteiger charge is -2.03. The predicted molar refractivity (Wildman–Crippen MR) is 62.8 cm³/mol. The first-order valence-corrected chi connectivity index (χ1v) is 5.22. The summed E-state index contributed by atoms with van der Waals surface area (Å²) in [6.45, 7) is 3.76. The second-order valence-corrected chi connectivity index (χ2v) is 4.03. The zero-order valence-electron chi connectivity index (χ0n) is 9.03. The van der Waals surface area contributed by atoms with Crippen LogP contribution in [-0.2, 0) is 0 Å². The summed E-state index contributed by atoms with van der Waals surface area (Å²) >= 11 is 5.94. The summed E-state index contributed by atoms with van der Waals surface area (Å²) in [4.78, 5) is 0. The molecule has 2 aromatic rings. The molecule has 0 unspecified atom stereocenters. The molecular formula is C12H10ClN3. The molecule has 1 aromatic heterocycles. The minimum absolute atomic E-state index is 0.641. The molecule has 0 bridgehead atoms. The lowest BCUT2D eigenvalue weighted by Crippen LogP contribution is -1.96. The Kier molecular flexibility index (Phi) is 2.67. The van der Waals surface area contributed by atoms with E-state index in [4.69, 9.17) is 16.9 Å². The van der Waals surface area contributed by atoms with Crippen molar-refractivity contribution >= 4 is 11.6 Å². The van der Waals surface area contributed by atoms with Gasteiger partial charge in [-0.05, 0) is 37.6 Å². The highest BCUT2D eigenvalue weighted by atomic mass is 35.5. The maximum Gasteiger partial charge on any atom is 0.0994 e. The molecule has 0 aliphatic carbocycles. The number of rotatable bonds is 1. The zero-order chi connectivity index (χ0) is 11.7. The third kappa shape index (κ3) is 1.80. The Labute approximate surface area is 98.9 Å². The number of halogens is 1. The number of nitrogens with zero attached hydrogens (tertiary/aromatic N) is 3. The van der Waals surface area contributed by atoms with Gasteiger partial charge in [0.15, 0.2) is 0 Å². The molecule has 2 rings (SSSR count). The number of aryl methyl sites for hydroxylation is 2. The van der Waals surface area contributed by atoms with Crippen molar-refractivity contribution < 1.29 is 0 Å². The van der Waals surface area contributed by atoms with Crippen LogP contribution in [0.5, 0.6) is 0 Å². The van der Waals surface area contributed by atoms with Crippen LogP contribution in [0, 0.1) is 25.2 Å². The summed E-state index contributed by atoms with van der Waals surface area (Å²) in [5.74, 6) is 0. The van der Waals surface area contributed by atoms with E-state index >= 15 is 0 Å². The molecule has 0 spiro atoms. The van der Waals surface area contributed by atoms with Crippen LogP contribution in [-0.4, -0.2) is 9.78 Å². The number of nitriles is 1. The smallest absolute Gasteiger partial charge is 0.0994 e. The molecule has 16 heavy (non-hydrogen) atoms. The molecule has 0 amide bonds. The average Bonchev–Trinajstić information content (AvgIpc) is 2.59. The molecule has 0 fully saturated rings. The van der Waals surface area contributed by atoms with Gasteiger partial charge in [0.2, 0.25) is 0 Å². The minimum atomic E-state index is 0.641. The average molecular weight is 232 g/mol. The molecule has 0 aliphatic rings. The molecule has 0 saturated carbocycles. The van der Waals surface area contributed by atoms with E-state index in [2.05, 4.69) is 11.2 Å². The maximum atomic E-state index is 8.83. The van der Waals surface area contributed by atoms with E-state index in [1.54, 1.807) is 16.9 Å². The summed E-state index contributed by atoms with van der Waals surface area (Å²) < 4.78 is 1.71. The van der Waals surface area contributed by atoms with Crippen molar-refractivity contribution in [1.82, 2.24) is 9.78 Å². The third-order valence-corrected chi connectivity index (χ3v) is 2.81. The van der Waals surface area contributed by atoms with Gasteiger partial charge < -0.3 is 0 Å². The minimum Gasteiger partial charge on any atom is -0.239 e. The van der Waals surface area contributed by atoms with Gasteiger partial charge in [0.1, 0.15) is 0 Å². The first-order chi connectivity index (χ1) is 7.61. The number of hydrogen-bond donors (Lipinski definition) is 0. The first-order valence-electron chi connectivity index (χ1n) is 4.84. The number of aromatic nitrogens is 2. The van der Waals surface area contributed by atoms with Gasteiger partial charge in [0.05, 0.1) is 28.0 Å². The summed E-state index contributed by atoms with van der Waals surface area (Å²) in [6, 6.07) is 7.70. The van der Waals surface area contributed by atoms with Gasteiger partial charge in [-0.2, -0.15) is 10.4 Å². The second kappa shape index (κ2) is 3.99. The van der Waals surface area contributed by atoms with Crippen molar-refractivity contribution in [2.45, 2.75) is 13.8 Å². The van der Waals surface area contributed by atoms with Gasteiger partial charge in [-0.25, -0.2) is 4.68 Å². The molecule has 0 atom stereocenters. The molecule has 0 aliphatic heterocycles. The van der Waals surface area contributed by atoms with Gasteiger partial charge in [-0.1, -0.05) is 11.6 Å². The van der Waals surface area contributed by atoms with Crippen LogP contribution in [0.3, 0.4) is 0 Å². The monoisotopic (exact) mass is 231 g/mol. The van der Waals surface area contributed by atoms with E-state index < -0.39 is 0 Å². The lowest BCUT2D eigenvalue weighted by atomic mass is 10.1. The Morgan fingerprint density at radius 3 is 2.62 bits per heavy atom. The van der Waals surface area contributed by atoms with Crippen molar-refractivity contribution in [2.75, 3.05) is 0 Å². The molecule has 80 valence electrons. The van der Waals surface area contributed by atoms with Crippen LogP contribution in [0.1, 0.15) is 16.8 Å². The van der Waals surface area contributed by atoms with Crippen molar-refractivity contribution in [2.24, 2.45) is 0 Å². The van der Waals surface area contributed by atoms with Crippen molar-refractivity contribution in [3.63, 3.8) is 0 Å². The molecule has 3 nitrogen and oxygen atoms in total. The van der Waals surface area contributed by atoms with E-state index in [1.165, 1.54) is 0 Å². The van der Waals surface area contributed by atoms with Crippen LogP contribution in [0.2, 0.25) is 5.02 Å². The van der Waals surface area contributed by atoms with E-state index in [1.807, 2.05) is 26.0 Å². The number of benzene rings is 1. The van der Waals surface area contributed by atoms with E-state index in [0.29, 0.717) is 10.6 Å². The standard InChI is InChI=1S/C12H10ClN3/c1-8-5-11(4-3-10(8)6-14)16-7-12(13)9(2)15-16/h3-5,7H,1-2H3. The fraction of sp³-hybridized carbons (Fsp3) is 0.167. The zero-order valence-corrected chi connectivity index (χ0v) is 9.78. The van der Waals surface area contributed by atoms with Crippen LogP contribution >= 0.6 is 11.6 Å². The Hall–Kier alpha value is -1.79. The van der Waals surface area contributed by atoms with Gasteiger partial charge in [0, 0.05) is 6.20 Å². The summed E-state index contributed by atoms with van der Waals surface area (Å²) in [6.07, 6.45) is 1.76. The summed E-state index contributed by atoms with van der Waals surface area (Å²) in [5, 5.41) is 13.8. The highest BCUT2D eigenvalue weighted by Crippen LogP contribution is 2.18. The maximum absolute atomic E-state index is 8.83. The Balaban J connectivity index is 2.50. The second-order valence-electron chi connectivity index (χ2n) is 3.62. The molecule has 0 N–H and O–H groups in total. The van der Waals surface area contributed by atoms with E-state index in [9.17, 15) is 0 Å². The summed E-state index contributed by atoms with van der Waals surface area (Å²) in [7, 11) is 0. The SMILES string of the molecule is Cc1cc(-n2cc(Cl)c(C)n2)ccc1C#N. The highest BCUT2D eigenvalue weighted by molar-refractivity contribution is 6.31. The van der Waals surface area contributed by atoms with E-state index in [0.717, 1.165) is 16.9 Å². The first kappa shape index (κ1) is 10.7. The normalized spacial score (nSPS) is 10.1. The van der Waals surface area contributed by atoms with Gasteiger partial charge in [-0.15, -0.1) is 0 Å². The molecule has 1 heterocycles. The fourth-order valence-electron chi connectivity index (χ4n) is 1.49. The Morgan fingerprint density at radius 2 is 2.12 bits per heavy atom. The summed E-state index contributed by atoms with van der Waals surface area (Å²) in [5.41, 5.74) is 3.32. The van der Waals surface area contributed by atoms with Crippen molar-refractivity contribution in [3.05, 3.63) is 46.2 Å². The fourth-order valence-corrected chi connectivity index (χ4v) is 1.62. The van der Waals surface area contributed by atoms with Crippen LogP contribution < -0.4 is 0 Å². The van der Waals surface area contributed by atoms with Gasteiger partial charge in [-0.3, -0.25) is 0 Å². The van der Waals surface area contributed by atoms with Crippen molar-refractivity contribution in [1.29, 1.82) is 5.26 Å². The van der Waals surface area contributed by atoms with Crippen LogP contribution in [0.25, 0.3) is 5.69 Å². The topological polar surface area (TPSA) is 41.6 Å². The largest absolute Gasteiger partial charge is 0.239 e. The van der Waals surface area contributed by atoms with Gasteiger partial charge >= 0.3 is 0 Å². The third-order valence-electron chi connectivity index (χ3n) is 2.43.